The van der Waals surface area contributed by atoms with Crippen molar-refractivity contribution in [3.05, 3.63) is 36.8 Å². The van der Waals surface area contributed by atoms with Crippen molar-refractivity contribution in [2.45, 2.75) is 25.8 Å². The van der Waals surface area contributed by atoms with E-state index in [1.54, 1.807) is 26.4 Å². The van der Waals surface area contributed by atoms with Crippen LogP contribution < -0.4 is 10.1 Å². The molecule has 4 aromatic rings. The molecule has 1 aliphatic heterocycles. The van der Waals surface area contributed by atoms with Gasteiger partial charge in [0.15, 0.2) is 0 Å². The Balaban J connectivity index is 1.28. The number of amides is 1. The summed E-state index contributed by atoms with van der Waals surface area (Å²) in [4.78, 5) is 35.1. The molecule has 168 valence electrons. The number of hydrogen-bond donors (Lipinski definition) is 2. The number of benzene rings is 1. The van der Waals surface area contributed by atoms with Gasteiger partial charge in [-0.1, -0.05) is 6.07 Å². The molecule has 0 radical (unpaired) electrons. The van der Waals surface area contributed by atoms with Crippen LogP contribution in [0.2, 0.25) is 0 Å². The van der Waals surface area contributed by atoms with Gasteiger partial charge >= 0.3 is 0 Å². The molecule has 2 N–H and O–H groups in total. The highest BCUT2D eigenvalue weighted by Crippen LogP contribution is 2.40. The van der Waals surface area contributed by atoms with Crippen LogP contribution in [0.4, 0.5) is 5.95 Å². The van der Waals surface area contributed by atoms with Crippen LogP contribution in [-0.2, 0) is 4.79 Å². The molecule has 9 heteroatoms. The first-order valence-corrected chi connectivity index (χ1v) is 11.3. The molecule has 1 aliphatic carbocycles. The molecule has 2 fully saturated rings. The average molecular weight is 444 g/mol. The van der Waals surface area contributed by atoms with Gasteiger partial charge in [-0.2, -0.15) is 9.97 Å². The third kappa shape index (κ3) is 3.44. The van der Waals surface area contributed by atoms with Gasteiger partial charge in [-0.05, 0) is 42.4 Å². The van der Waals surface area contributed by atoms with E-state index in [0.29, 0.717) is 29.7 Å². The fourth-order valence-electron chi connectivity index (χ4n) is 5.43. The number of rotatable bonds is 4. The monoisotopic (exact) mass is 443 g/mol. The summed E-state index contributed by atoms with van der Waals surface area (Å²) in [6.45, 7) is 3.37. The van der Waals surface area contributed by atoms with E-state index < -0.39 is 0 Å². The SMILES string of the molecule is COc1nc(NC2C[C@@H]3CN(C(C)=O)C[C@@H]3C2)nc2[nH]cc(-c3ccc4nccnc4c3)c12. The maximum absolute atomic E-state index is 11.7. The lowest BCUT2D eigenvalue weighted by Gasteiger charge is -2.18. The van der Waals surface area contributed by atoms with E-state index in [-0.39, 0.29) is 5.91 Å². The first-order chi connectivity index (χ1) is 16.1. The Morgan fingerprint density at radius 3 is 2.61 bits per heavy atom. The first-order valence-electron chi connectivity index (χ1n) is 11.3. The molecule has 1 saturated carbocycles. The van der Waals surface area contributed by atoms with Crippen molar-refractivity contribution >= 4 is 33.9 Å². The minimum Gasteiger partial charge on any atom is -0.480 e. The number of aromatic amines is 1. The molecule has 1 aromatic carbocycles. The number of nitrogens with one attached hydrogen (secondary N) is 2. The third-order valence-corrected chi connectivity index (χ3v) is 7.00. The highest BCUT2D eigenvalue weighted by atomic mass is 16.5. The highest BCUT2D eigenvalue weighted by Gasteiger charge is 2.41. The summed E-state index contributed by atoms with van der Waals surface area (Å²) in [7, 11) is 1.63. The van der Waals surface area contributed by atoms with Gasteiger partial charge in [-0.3, -0.25) is 14.8 Å². The van der Waals surface area contributed by atoms with E-state index in [4.69, 9.17) is 9.72 Å². The molecular weight excluding hydrogens is 418 g/mol. The van der Waals surface area contributed by atoms with Gasteiger partial charge in [0.05, 0.1) is 23.5 Å². The molecular formula is C24H25N7O2. The van der Waals surface area contributed by atoms with E-state index in [2.05, 4.69) is 25.3 Å². The van der Waals surface area contributed by atoms with E-state index in [1.165, 1.54) is 0 Å². The lowest BCUT2D eigenvalue weighted by molar-refractivity contribution is -0.128. The molecule has 0 spiro atoms. The van der Waals surface area contributed by atoms with Crippen LogP contribution in [0.3, 0.4) is 0 Å². The fraction of sp³-hybridized carbons (Fsp3) is 0.375. The molecule has 3 atom stereocenters. The Bertz CT molecular complexity index is 1350. The zero-order valence-electron chi connectivity index (χ0n) is 18.6. The maximum Gasteiger partial charge on any atom is 0.228 e. The standard InChI is InChI=1S/C24H25N7O2/c1-13(32)31-11-15-7-17(8-16(15)12-31)28-24-29-22-21(23(30-24)33-2)18(10-27-22)14-3-4-19-20(9-14)26-6-5-25-19/h3-6,9-10,15-17H,7-8,11-12H2,1-2H3,(H2,27,28,29,30)/t15-,16+,17?. The number of hydrogen-bond acceptors (Lipinski definition) is 7. The van der Waals surface area contributed by atoms with Crippen LogP contribution in [0.5, 0.6) is 5.88 Å². The van der Waals surface area contributed by atoms with Gasteiger partial charge in [-0.25, -0.2) is 0 Å². The number of likely N-dealkylation sites (tertiary alicyclic amines) is 1. The molecule has 6 rings (SSSR count). The number of ether oxygens (including phenoxy) is 1. The van der Waals surface area contributed by atoms with Crippen LogP contribution in [0.15, 0.2) is 36.8 Å². The number of methoxy groups -OCH3 is 1. The van der Waals surface area contributed by atoms with E-state index >= 15 is 0 Å². The second-order valence-electron chi connectivity index (χ2n) is 9.00. The number of H-pyrrole nitrogens is 1. The maximum atomic E-state index is 11.7. The average Bonchev–Trinajstić information content (AvgIpc) is 3.51. The normalized spacial score (nSPS) is 22.1. The topological polar surface area (TPSA) is 109 Å². The second-order valence-corrected chi connectivity index (χ2v) is 9.00. The predicted molar refractivity (Wildman–Crippen MR) is 125 cm³/mol. The van der Waals surface area contributed by atoms with E-state index in [1.807, 2.05) is 29.3 Å². The van der Waals surface area contributed by atoms with Gasteiger partial charge in [0, 0.05) is 50.2 Å². The molecule has 4 heterocycles. The van der Waals surface area contributed by atoms with Crippen molar-refractivity contribution < 1.29 is 9.53 Å². The van der Waals surface area contributed by atoms with Crippen molar-refractivity contribution in [2.24, 2.45) is 11.8 Å². The smallest absolute Gasteiger partial charge is 0.228 e. The van der Waals surface area contributed by atoms with Crippen LogP contribution >= 0.6 is 0 Å². The van der Waals surface area contributed by atoms with Crippen molar-refractivity contribution in [1.82, 2.24) is 29.8 Å². The number of anilines is 1. The lowest BCUT2D eigenvalue weighted by Crippen LogP contribution is -2.29. The van der Waals surface area contributed by atoms with E-state index in [0.717, 1.165) is 59.1 Å². The van der Waals surface area contributed by atoms with Gasteiger partial charge in [0.25, 0.3) is 0 Å². The van der Waals surface area contributed by atoms with Crippen LogP contribution in [0, 0.1) is 11.8 Å². The quantitative estimate of drug-likeness (QED) is 0.498. The zero-order valence-corrected chi connectivity index (χ0v) is 18.6. The number of nitrogens with zero attached hydrogens (tertiary/aromatic N) is 5. The van der Waals surface area contributed by atoms with Crippen molar-refractivity contribution in [1.29, 1.82) is 0 Å². The molecule has 1 saturated heterocycles. The molecule has 1 amide bonds. The zero-order chi connectivity index (χ0) is 22.5. The van der Waals surface area contributed by atoms with Crippen LogP contribution in [0.25, 0.3) is 33.2 Å². The molecule has 0 bridgehead atoms. The predicted octanol–water partition coefficient (Wildman–Crippen LogP) is 3.25. The van der Waals surface area contributed by atoms with Crippen molar-refractivity contribution in [2.75, 3.05) is 25.5 Å². The Morgan fingerprint density at radius 1 is 1.12 bits per heavy atom. The Kier molecular flexibility index (Phi) is 4.63. The van der Waals surface area contributed by atoms with Gasteiger partial charge in [0.2, 0.25) is 17.7 Å². The molecule has 9 nitrogen and oxygen atoms in total. The number of carbonyl (C=O) groups excluding carboxylic acids is 1. The minimum atomic E-state index is 0.174. The summed E-state index contributed by atoms with van der Waals surface area (Å²) in [5.41, 5.74) is 4.36. The summed E-state index contributed by atoms with van der Waals surface area (Å²) in [6.07, 6.45) is 7.35. The largest absolute Gasteiger partial charge is 0.480 e. The van der Waals surface area contributed by atoms with E-state index in [9.17, 15) is 4.79 Å². The van der Waals surface area contributed by atoms with Crippen molar-refractivity contribution in [3.63, 3.8) is 0 Å². The summed E-state index contributed by atoms with van der Waals surface area (Å²) < 4.78 is 5.67. The molecule has 3 aromatic heterocycles. The Morgan fingerprint density at radius 2 is 1.88 bits per heavy atom. The summed E-state index contributed by atoms with van der Waals surface area (Å²) in [5, 5.41) is 4.35. The van der Waals surface area contributed by atoms with Crippen LogP contribution in [0.1, 0.15) is 19.8 Å². The molecule has 2 aliphatic rings. The highest BCUT2D eigenvalue weighted by molar-refractivity contribution is 5.99. The summed E-state index contributed by atoms with van der Waals surface area (Å²) in [6, 6.07) is 6.29. The van der Waals surface area contributed by atoms with Gasteiger partial charge in [0.1, 0.15) is 5.65 Å². The third-order valence-electron chi connectivity index (χ3n) is 7.00. The number of aromatic nitrogens is 5. The molecule has 33 heavy (non-hydrogen) atoms. The Hall–Kier alpha value is -3.75. The summed E-state index contributed by atoms with van der Waals surface area (Å²) in [5.74, 6) is 2.35. The summed E-state index contributed by atoms with van der Waals surface area (Å²) >= 11 is 0. The van der Waals surface area contributed by atoms with Crippen LogP contribution in [-0.4, -0.2) is 62.0 Å². The van der Waals surface area contributed by atoms with Crippen molar-refractivity contribution in [3.8, 4) is 17.0 Å². The minimum absolute atomic E-state index is 0.174. The first kappa shape index (κ1) is 19.9. The second kappa shape index (κ2) is 7.68. The Labute approximate surface area is 190 Å². The number of carbonyl (C=O) groups is 1. The van der Waals surface area contributed by atoms with Gasteiger partial charge < -0.3 is 19.9 Å². The number of fused-ring (bicyclic) bond motifs is 3. The van der Waals surface area contributed by atoms with Gasteiger partial charge in [-0.15, -0.1) is 0 Å². The molecule has 1 unspecified atom stereocenters. The fourth-order valence-corrected chi connectivity index (χ4v) is 5.43. The lowest BCUT2D eigenvalue weighted by atomic mass is 10.0.